The van der Waals surface area contributed by atoms with Crippen LogP contribution in [0, 0.1) is 5.92 Å². The lowest BCUT2D eigenvalue weighted by Gasteiger charge is -2.37. The van der Waals surface area contributed by atoms with Crippen molar-refractivity contribution in [3.05, 3.63) is 52.6 Å². The second-order valence-corrected chi connectivity index (χ2v) is 11.7. The molecule has 11 nitrogen and oxygen atoms in total. The molecular formula is C28H43ClN8O3. The number of anilines is 1. The highest BCUT2D eigenvalue weighted by Gasteiger charge is 2.31. The van der Waals surface area contributed by atoms with Crippen LogP contribution in [0.5, 0.6) is 0 Å². The number of nitrogens with one attached hydrogen (secondary N) is 1. The molecule has 2 aliphatic rings. The molecule has 2 heterocycles. The third kappa shape index (κ3) is 7.81. The molecule has 3 amide bonds. The van der Waals surface area contributed by atoms with Crippen LogP contribution < -0.4 is 22.5 Å². The summed E-state index contributed by atoms with van der Waals surface area (Å²) in [5.41, 5.74) is 12.3. The molecule has 1 saturated heterocycles. The number of rotatable bonds is 8. The summed E-state index contributed by atoms with van der Waals surface area (Å²) in [6, 6.07) is 9.92. The van der Waals surface area contributed by atoms with Crippen molar-refractivity contribution in [3.8, 4) is 5.69 Å². The van der Waals surface area contributed by atoms with Gasteiger partial charge in [0.15, 0.2) is 0 Å². The van der Waals surface area contributed by atoms with Gasteiger partial charge in [0.25, 0.3) is 0 Å². The van der Waals surface area contributed by atoms with Gasteiger partial charge in [0.05, 0.1) is 11.2 Å². The maximum Gasteiger partial charge on any atom is 0.354 e. The van der Waals surface area contributed by atoms with E-state index in [9.17, 15) is 14.4 Å². The predicted molar refractivity (Wildman–Crippen MR) is 159 cm³/mol. The van der Waals surface area contributed by atoms with Gasteiger partial charge in [-0.3, -0.25) is 14.7 Å². The standard InChI is InChI=1S/C28H42N8O3.ClH/c1-19(33(4)18-21-16-22(29)17-21)15-20-5-7-23(8-6-20)36-10-9-24(32-27(36)39)31-26(38)35-13-11-34(12-14-35)25(37)28(2,3)30;/h5-10,19,21-22H,11-18,29-30H2,1-4H3,(H,31,32,38,39);1H/t19?,21-,22-;. The Morgan fingerprint density at radius 2 is 1.70 bits per heavy atom. The molecule has 1 atom stereocenters. The van der Waals surface area contributed by atoms with Crippen molar-refractivity contribution in [1.29, 1.82) is 0 Å². The fraction of sp³-hybridized carbons (Fsp3) is 0.571. The normalized spacial score (nSPS) is 20.0. The molecule has 1 aliphatic heterocycles. The molecule has 4 rings (SSSR count). The molecule has 12 heteroatoms. The smallest absolute Gasteiger partial charge is 0.338 e. The summed E-state index contributed by atoms with van der Waals surface area (Å²) in [6.07, 6.45) is 4.76. The van der Waals surface area contributed by atoms with Crippen LogP contribution in [0.25, 0.3) is 5.69 Å². The third-order valence-electron chi connectivity index (χ3n) is 7.76. The summed E-state index contributed by atoms with van der Waals surface area (Å²) in [7, 11) is 2.16. The minimum absolute atomic E-state index is 0. The molecule has 220 valence electrons. The van der Waals surface area contributed by atoms with Crippen molar-refractivity contribution < 1.29 is 9.59 Å². The molecule has 1 unspecified atom stereocenters. The average molecular weight is 575 g/mol. The first kappa shape index (κ1) is 31.5. The van der Waals surface area contributed by atoms with Crippen LogP contribution in [0.15, 0.2) is 41.3 Å². The van der Waals surface area contributed by atoms with Crippen LogP contribution >= 0.6 is 12.4 Å². The molecular weight excluding hydrogens is 532 g/mol. The second-order valence-electron chi connectivity index (χ2n) is 11.7. The SMILES string of the molecule is CC(Cc1ccc(-n2ccc(NC(=O)N3CCN(C(=O)C(C)(C)N)CC3)nc2=O)cc1)N(C)C[C@H]1C[C@H](N)C1.Cl. The Labute approximate surface area is 242 Å². The number of hydrogen-bond donors (Lipinski definition) is 3. The Balaban J connectivity index is 0.00000441. The fourth-order valence-electron chi connectivity index (χ4n) is 5.19. The van der Waals surface area contributed by atoms with Crippen LogP contribution in [-0.2, 0) is 11.2 Å². The van der Waals surface area contributed by atoms with E-state index in [1.54, 1.807) is 35.9 Å². The summed E-state index contributed by atoms with van der Waals surface area (Å²) in [6.45, 7) is 8.20. The number of aromatic nitrogens is 2. The van der Waals surface area contributed by atoms with Gasteiger partial charge in [-0.25, -0.2) is 9.59 Å². The van der Waals surface area contributed by atoms with Gasteiger partial charge >= 0.3 is 11.7 Å². The van der Waals surface area contributed by atoms with Crippen molar-refractivity contribution in [3.63, 3.8) is 0 Å². The minimum atomic E-state index is -0.946. The highest BCUT2D eigenvalue weighted by atomic mass is 35.5. The predicted octanol–water partition coefficient (Wildman–Crippen LogP) is 1.67. The number of carbonyl (C=O) groups excluding carboxylic acids is 2. The molecule has 1 aromatic heterocycles. The van der Waals surface area contributed by atoms with E-state index in [2.05, 4.69) is 29.2 Å². The van der Waals surface area contributed by atoms with Crippen molar-refractivity contribution in [1.82, 2.24) is 24.3 Å². The summed E-state index contributed by atoms with van der Waals surface area (Å²) in [4.78, 5) is 47.5. The second kappa shape index (κ2) is 13.1. The lowest BCUT2D eigenvalue weighted by atomic mass is 9.80. The summed E-state index contributed by atoms with van der Waals surface area (Å²) in [5.74, 6) is 0.743. The monoisotopic (exact) mass is 574 g/mol. The fourth-order valence-corrected chi connectivity index (χ4v) is 5.19. The van der Waals surface area contributed by atoms with Gasteiger partial charge in [-0.2, -0.15) is 4.98 Å². The zero-order valence-electron chi connectivity index (χ0n) is 23.9. The first-order valence-electron chi connectivity index (χ1n) is 13.7. The quantitative estimate of drug-likeness (QED) is 0.435. The number of benzene rings is 1. The van der Waals surface area contributed by atoms with Gasteiger partial charge in [0.1, 0.15) is 5.82 Å². The molecule has 0 bridgehead atoms. The van der Waals surface area contributed by atoms with E-state index < -0.39 is 11.2 Å². The molecule has 5 N–H and O–H groups in total. The Hall–Kier alpha value is -2.99. The van der Waals surface area contributed by atoms with E-state index in [1.165, 1.54) is 10.1 Å². The maximum atomic E-state index is 12.7. The zero-order chi connectivity index (χ0) is 28.3. The van der Waals surface area contributed by atoms with Crippen LogP contribution in [0.1, 0.15) is 39.2 Å². The molecule has 0 spiro atoms. The number of hydrogen-bond acceptors (Lipinski definition) is 7. The Morgan fingerprint density at radius 3 is 2.25 bits per heavy atom. The van der Waals surface area contributed by atoms with Crippen LogP contribution in [-0.4, -0.2) is 93.6 Å². The topological polar surface area (TPSA) is 143 Å². The lowest BCUT2D eigenvalue weighted by Crippen LogP contribution is -2.58. The highest BCUT2D eigenvalue weighted by Crippen LogP contribution is 2.27. The number of carbonyl (C=O) groups is 2. The lowest BCUT2D eigenvalue weighted by molar-refractivity contribution is -0.137. The van der Waals surface area contributed by atoms with E-state index >= 15 is 0 Å². The molecule has 1 aromatic carbocycles. The van der Waals surface area contributed by atoms with Crippen LogP contribution in [0.4, 0.5) is 10.6 Å². The van der Waals surface area contributed by atoms with Gasteiger partial charge in [0.2, 0.25) is 5.91 Å². The van der Waals surface area contributed by atoms with Gasteiger partial charge in [-0.05, 0) is 76.8 Å². The minimum Gasteiger partial charge on any atom is -0.338 e. The first-order valence-corrected chi connectivity index (χ1v) is 13.7. The highest BCUT2D eigenvalue weighted by molar-refractivity contribution is 5.89. The summed E-state index contributed by atoms with van der Waals surface area (Å²) in [5, 5.41) is 2.69. The molecule has 1 aliphatic carbocycles. The number of urea groups is 1. The van der Waals surface area contributed by atoms with E-state index in [4.69, 9.17) is 11.5 Å². The molecule has 2 aromatic rings. The molecule has 1 saturated carbocycles. The van der Waals surface area contributed by atoms with E-state index in [0.717, 1.165) is 25.8 Å². The average Bonchev–Trinajstić information content (AvgIpc) is 2.87. The van der Waals surface area contributed by atoms with Crippen molar-refractivity contribution in [2.75, 3.05) is 45.1 Å². The number of piperazine rings is 1. The van der Waals surface area contributed by atoms with E-state index in [1.807, 2.05) is 24.3 Å². The van der Waals surface area contributed by atoms with Gasteiger partial charge in [-0.15, -0.1) is 12.4 Å². The molecule has 0 radical (unpaired) electrons. The van der Waals surface area contributed by atoms with Gasteiger partial charge < -0.3 is 26.2 Å². The van der Waals surface area contributed by atoms with Crippen molar-refractivity contribution in [2.24, 2.45) is 17.4 Å². The zero-order valence-corrected chi connectivity index (χ0v) is 24.7. The number of likely N-dealkylation sites (N-methyl/N-ethyl adjacent to an activating group) is 1. The number of amides is 3. The third-order valence-corrected chi connectivity index (χ3v) is 7.76. The first-order chi connectivity index (χ1) is 18.4. The van der Waals surface area contributed by atoms with E-state index in [-0.39, 0.29) is 30.2 Å². The molecule has 40 heavy (non-hydrogen) atoms. The Bertz CT molecular complexity index is 1220. The number of halogens is 1. The Morgan fingerprint density at radius 1 is 1.10 bits per heavy atom. The van der Waals surface area contributed by atoms with Crippen LogP contribution in [0.3, 0.4) is 0 Å². The summed E-state index contributed by atoms with van der Waals surface area (Å²) < 4.78 is 1.45. The van der Waals surface area contributed by atoms with Crippen molar-refractivity contribution in [2.45, 2.75) is 57.7 Å². The Kier molecular flexibility index (Phi) is 10.3. The largest absolute Gasteiger partial charge is 0.354 e. The van der Waals surface area contributed by atoms with Crippen LogP contribution in [0.2, 0.25) is 0 Å². The maximum absolute atomic E-state index is 12.7. The number of nitrogens with zero attached hydrogens (tertiary/aromatic N) is 5. The van der Waals surface area contributed by atoms with E-state index in [0.29, 0.717) is 49.9 Å². The number of nitrogens with two attached hydrogens (primary N) is 2. The van der Waals surface area contributed by atoms with Gasteiger partial charge in [0, 0.05) is 51.0 Å². The summed E-state index contributed by atoms with van der Waals surface area (Å²) >= 11 is 0. The van der Waals surface area contributed by atoms with Crippen molar-refractivity contribution >= 4 is 30.2 Å². The molecule has 2 fully saturated rings. The van der Waals surface area contributed by atoms with Gasteiger partial charge in [-0.1, -0.05) is 12.1 Å².